The molecule has 1 heterocycles. The molecule has 92 valence electrons. The van der Waals surface area contributed by atoms with E-state index in [2.05, 4.69) is 16.9 Å². The first-order chi connectivity index (χ1) is 8.61. The standard InChI is InChI=1S/C13H12ClN3O/c1-9(2)7-17-13(12(8-18)15-16-17)10-4-3-5-11(14)6-10/h3-6,8H,1,7H2,2H3. The maximum atomic E-state index is 11.0. The van der Waals surface area contributed by atoms with Crippen LogP contribution in [0.1, 0.15) is 17.4 Å². The van der Waals surface area contributed by atoms with Gasteiger partial charge in [-0.05, 0) is 19.1 Å². The van der Waals surface area contributed by atoms with Gasteiger partial charge in [-0.1, -0.05) is 41.1 Å². The van der Waals surface area contributed by atoms with Gasteiger partial charge in [0.15, 0.2) is 12.0 Å². The maximum absolute atomic E-state index is 11.0. The van der Waals surface area contributed by atoms with Crippen molar-refractivity contribution in [1.29, 1.82) is 0 Å². The third-order valence-corrected chi connectivity index (χ3v) is 2.63. The summed E-state index contributed by atoms with van der Waals surface area (Å²) in [5, 5.41) is 8.42. The van der Waals surface area contributed by atoms with E-state index < -0.39 is 0 Å². The first-order valence-electron chi connectivity index (χ1n) is 5.41. The van der Waals surface area contributed by atoms with Crippen LogP contribution in [0.4, 0.5) is 0 Å². The van der Waals surface area contributed by atoms with E-state index in [1.165, 1.54) is 0 Å². The van der Waals surface area contributed by atoms with E-state index in [-0.39, 0.29) is 0 Å². The van der Waals surface area contributed by atoms with Crippen LogP contribution in [0.15, 0.2) is 36.4 Å². The van der Waals surface area contributed by atoms with E-state index in [0.29, 0.717) is 29.2 Å². The summed E-state index contributed by atoms with van der Waals surface area (Å²) in [4.78, 5) is 11.0. The zero-order chi connectivity index (χ0) is 13.1. The highest BCUT2D eigenvalue weighted by Gasteiger charge is 2.14. The molecule has 0 spiro atoms. The molecule has 1 aromatic heterocycles. The number of halogens is 1. The van der Waals surface area contributed by atoms with Crippen LogP contribution in [0.5, 0.6) is 0 Å². The van der Waals surface area contributed by atoms with Crippen LogP contribution in [0.2, 0.25) is 5.02 Å². The Bertz CT molecular complexity index is 604. The lowest BCUT2D eigenvalue weighted by molar-refractivity contribution is 0.111. The fraction of sp³-hybridized carbons (Fsp3) is 0.154. The van der Waals surface area contributed by atoms with E-state index >= 15 is 0 Å². The summed E-state index contributed by atoms with van der Waals surface area (Å²) in [5.41, 5.74) is 2.71. The van der Waals surface area contributed by atoms with Gasteiger partial charge >= 0.3 is 0 Å². The Labute approximate surface area is 110 Å². The first-order valence-corrected chi connectivity index (χ1v) is 5.78. The van der Waals surface area contributed by atoms with Gasteiger partial charge in [-0.25, -0.2) is 4.68 Å². The fourth-order valence-corrected chi connectivity index (χ4v) is 1.90. The Morgan fingerprint density at radius 3 is 2.94 bits per heavy atom. The van der Waals surface area contributed by atoms with Gasteiger partial charge < -0.3 is 0 Å². The predicted octanol–water partition coefficient (Wildman–Crippen LogP) is 2.99. The fourth-order valence-electron chi connectivity index (χ4n) is 1.70. The van der Waals surface area contributed by atoms with Crippen LogP contribution in [-0.2, 0) is 6.54 Å². The van der Waals surface area contributed by atoms with Crippen molar-refractivity contribution < 1.29 is 4.79 Å². The van der Waals surface area contributed by atoms with Crippen molar-refractivity contribution in [3.63, 3.8) is 0 Å². The van der Waals surface area contributed by atoms with Crippen LogP contribution in [0.25, 0.3) is 11.3 Å². The van der Waals surface area contributed by atoms with Gasteiger partial charge in [0.2, 0.25) is 0 Å². The zero-order valence-electron chi connectivity index (χ0n) is 9.93. The Kier molecular flexibility index (Phi) is 3.58. The average molecular weight is 262 g/mol. The second-order valence-electron chi connectivity index (χ2n) is 4.07. The number of carbonyl (C=O) groups is 1. The molecule has 2 aromatic rings. The van der Waals surface area contributed by atoms with E-state index in [9.17, 15) is 4.79 Å². The van der Waals surface area contributed by atoms with Crippen molar-refractivity contribution in [2.75, 3.05) is 0 Å². The number of rotatable bonds is 4. The lowest BCUT2D eigenvalue weighted by Gasteiger charge is -2.07. The summed E-state index contributed by atoms with van der Waals surface area (Å²) in [6.07, 6.45) is 0.693. The number of hydrogen-bond acceptors (Lipinski definition) is 3. The van der Waals surface area contributed by atoms with Crippen LogP contribution in [-0.4, -0.2) is 21.3 Å². The average Bonchev–Trinajstić information content (AvgIpc) is 2.71. The van der Waals surface area contributed by atoms with Crippen molar-refractivity contribution in [2.24, 2.45) is 0 Å². The molecule has 0 bridgehead atoms. The van der Waals surface area contributed by atoms with E-state index in [4.69, 9.17) is 11.6 Å². The molecular weight excluding hydrogens is 250 g/mol. The van der Waals surface area contributed by atoms with Crippen LogP contribution in [0, 0.1) is 0 Å². The van der Waals surface area contributed by atoms with Crippen molar-refractivity contribution in [2.45, 2.75) is 13.5 Å². The van der Waals surface area contributed by atoms with E-state index in [0.717, 1.165) is 11.1 Å². The summed E-state index contributed by atoms with van der Waals surface area (Å²) in [6.45, 7) is 6.24. The Morgan fingerprint density at radius 2 is 2.33 bits per heavy atom. The van der Waals surface area contributed by atoms with Gasteiger partial charge in [-0.3, -0.25) is 4.79 Å². The molecule has 0 N–H and O–H groups in total. The van der Waals surface area contributed by atoms with Crippen LogP contribution < -0.4 is 0 Å². The second kappa shape index (κ2) is 5.14. The molecule has 0 aliphatic carbocycles. The largest absolute Gasteiger partial charge is 0.296 e. The highest BCUT2D eigenvalue weighted by atomic mass is 35.5. The number of aldehydes is 1. The smallest absolute Gasteiger partial charge is 0.172 e. The van der Waals surface area contributed by atoms with Crippen molar-refractivity contribution >= 4 is 17.9 Å². The summed E-state index contributed by atoms with van der Waals surface area (Å²) in [6, 6.07) is 7.25. The molecule has 2 rings (SSSR count). The summed E-state index contributed by atoms with van der Waals surface area (Å²) < 4.78 is 1.65. The van der Waals surface area contributed by atoms with E-state index in [1.54, 1.807) is 16.8 Å². The van der Waals surface area contributed by atoms with Gasteiger partial charge in [-0.2, -0.15) is 0 Å². The molecular formula is C13H12ClN3O. The van der Waals surface area contributed by atoms with Gasteiger partial charge in [-0.15, -0.1) is 5.10 Å². The van der Waals surface area contributed by atoms with Crippen LogP contribution >= 0.6 is 11.6 Å². The Morgan fingerprint density at radius 1 is 1.56 bits per heavy atom. The van der Waals surface area contributed by atoms with E-state index in [1.807, 2.05) is 19.1 Å². The van der Waals surface area contributed by atoms with Gasteiger partial charge in [0.25, 0.3) is 0 Å². The van der Waals surface area contributed by atoms with Gasteiger partial charge in [0.1, 0.15) is 0 Å². The van der Waals surface area contributed by atoms with Gasteiger partial charge in [0.05, 0.1) is 12.2 Å². The molecule has 0 aliphatic heterocycles. The van der Waals surface area contributed by atoms with Gasteiger partial charge in [0, 0.05) is 10.6 Å². The molecule has 0 aliphatic rings. The van der Waals surface area contributed by atoms with Crippen molar-refractivity contribution in [3.8, 4) is 11.3 Å². The predicted molar refractivity (Wildman–Crippen MR) is 70.7 cm³/mol. The number of nitrogens with zero attached hydrogens (tertiary/aromatic N) is 3. The maximum Gasteiger partial charge on any atom is 0.172 e. The summed E-state index contributed by atoms with van der Waals surface area (Å²) >= 11 is 5.96. The molecule has 0 radical (unpaired) electrons. The third kappa shape index (κ3) is 2.49. The second-order valence-corrected chi connectivity index (χ2v) is 4.50. The Hall–Kier alpha value is -1.94. The normalized spacial score (nSPS) is 10.3. The number of benzene rings is 1. The molecule has 0 saturated carbocycles. The topological polar surface area (TPSA) is 47.8 Å². The highest BCUT2D eigenvalue weighted by molar-refractivity contribution is 6.30. The molecule has 4 nitrogen and oxygen atoms in total. The quantitative estimate of drug-likeness (QED) is 0.628. The number of hydrogen-bond donors (Lipinski definition) is 0. The number of carbonyl (C=O) groups excluding carboxylic acids is 1. The SMILES string of the molecule is C=C(C)Cn1nnc(C=O)c1-c1cccc(Cl)c1. The lowest BCUT2D eigenvalue weighted by atomic mass is 10.1. The summed E-state index contributed by atoms with van der Waals surface area (Å²) in [5.74, 6) is 0. The lowest BCUT2D eigenvalue weighted by Crippen LogP contribution is -2.03. The zero-order valence-corrected chi connectivity index (χ0v) is 10.7. The molecule has 0 atom stereocenters. The molecule has 5 heteroatoms. The molecule has 1 aromatic carbocycles. The molecule has 0 saturated heterocycles. The Balaban J connectivity index is 2.56. The monoisotopic (exact) mass is 261 g/mol. The van der Waals surface area contributed by atoms with Crippen LogP contribution in [0.3, 0.4) is 0 Å². The molecule has 18 heavy (non-hydrogen) atoms. The first kappa shape index (κ1) is 12.5. The molecule has 0 unspecified atom stereocenters. The number of allylic oxidation sites excluding steroid dienone is 1. The summed E-state index contributed by atoms with van der Waals surface area (Å²) in [7, 11) is 0. The minimum Gasteiger partial charge on any atom is -0.296 e. The highest BCUT2D eigenvalue weighted by Crippen LogP contribution is 2.24. The van der Waals surface area contributed by atoms with Crippen molar-refractivity contribution in [3.05, 3.63) is 47.1 Å². The molecule has 0 amide bonds. The van der Waals surface area contributed by atoms with Crippen molar-refractivity contribution in [1.82, 2.24) is 15.0 Å². The molecule has 0 fully saturated rings. The minimum atomic E-state index is 0.304. The number of aromatic nitrogens is 3. The third-order valence-electron chi connectivity index (χ3n) is 2.39. The minimum absolute atomic E-state index is 0.304.